The Morgan fingerprint density at radius 3 is 2.07 bits per heavy atom. The number of carbonyl (C=O) groups is 5. The van der Waals surface area contributed by atoms with Gasteiger partial charge < -0.3 is 40.0 Å². The number of allylic oxidation sites excluding steroid dienone is 1. The highest BCUT2D eigenvalue weighted by Crippen LogP contribution is 2.56. The van der Waals surface area contributed by atoms with Crippen LogP contribution in [0.25, 0.3) is 0 Å². The molecule has 8 atom stereocenters. The van der Waals surface area contributed by atoms with Gasteiger partial charge in [0.25, 0.3) is 0 Å². The number of carbonyl (C=O) groups excluding carboxylic acids is 4. The molecule has 2 aromatic carbocycles. The number of esters is 1. The third-order valence-electron chi connectivity index (χ3n) is 12.5. The van der Waals surface area contributed by atoms with Crippen LogP contribution in [0.3, 0.4) is 0 Å². The summed E-state index contributed by atoms with van der Waals surface area (Å²) in [6, 6.07) is 15.9. The molecule has 1 amide bonds. The summed E-state index contributed by atoms with van der Waals surface area (Å²) in [7, 11) is 0. The second kappa shape index (κ2) is 19.3. The maximum atomic E-state index is 13.9. The summed E-state index contributed by atoms with van der Waals surface area (Å²) in [5.74, 6) is -2.52. The number of amides is 1. The van der Waals surface area contributed by atoms with Gasteiger partial charge in [-0.05, 0) is 71.9 Å². The Morgan fingerprint density at radius 2 is 1.61 bits per heavy atom. The minimum absolute atomic E-state index is 0.146. The molecule has 0 spiro atoms. The van der Waals surface area contributed by atoms with Gasteiger partial charge in [-0.1, -0.05) is 93.4 Å². The molecule has 59 heavy (non-hydrogen) atoms. The van der Waals surface area contributed by atoms with Crippen molar-refractivity contribution in [2.75, 3.05) is 6.61 Å². The van der Waals surface area contributed by atoms with E-state index < -0.39 is 81.7 Å². The van der Waals surface area contributed by atoms with Crippen molar-refractivity contribution < 1.29 is 58.6 Å². The van der Waals surface area contributed by atoms with Crippen LogP contribution < -0.4 is 5.32 Å². The molecule has 0 radical (unpaired) electrons. The Bertz CT molecular complexity index is 1830. The van der Waals surface area contributed by atoms with Gasteiger partial charge in [0, 0.05) is 30.2 Å². The normalized spacial score (nSPS) is 28.0. The molecule has 13 nitrogen and oxygen atoms in total. The Balaban J connectivity index is 0.000000282. The van der Waals surface area contributed by atoms with Crippen LogP contribution in [0.15, 0.2) is 65.7 Å². The van der Waals surface area contributed by atoms with Crippen molar-refractivity contribution in [3.8, 4) is 0 Å². The second-order valence-electron chi connectivity index (χ2n) is 17.8. The Labute approximate surface area is 348 Å². The first-order valence-electron chi connectivity index (χ1n) is 20.2. The van der Waals surface area contributed by atoms with Gasteiger partial charge in [-0.25, -0.2) is 4.79 Å². The Hall–Kier alpha value is -4.43. The van der Waals surface area contributed by atoms with Crippen LogP contribution in [0.1, 0.15) is 129 Å². The summed E-state index contributed by atoms with van der Waals surface area (Å²) in [5.41, 5.74) is -0.847. The molecule has 1 aliphatic heterocycles. The van der Waals surface area contributed by atoms with E-state index in [1.54, 1.807) is 58.9 Å². The fourth-order valence-electron chi connectivity index (χ4n) is 8.56. The number of Topliss-reactive ketones (excluding diaryl/α,β-unsaturated/α-hetero) is 1. The number of nitrogens with one attached hydrogen (secondary N) is 1. The summed E-state index contributed by atoms with van der Waals surface area (Å²) in [4.78, 5) is 58.4. The number of hydrogen-bond donors (Lipinski definition) is 5. The van der Waals surface area contributed by atoms with E-state index in [1.807, 2.05) is 65.0 Å². The first-order valence-corrected chi connectivity index (χ1v) is 20.2. The monoisotopic (exact) mass is 823 g/mol. The summed E-state index contributed by atoms with van der Waals surface area (Å²) in [6.07, 6.45) is -1.18. The minimum atomic E-state index is -1.47. The van der Waals surface area contributed by atoms with Crippen molar-refractivity contribution in [1.29, 1.82) is 0 Å². The van der Waals surface area contributed by atoms with Gasteiger partial charge >= 0.3 is 18.0 Å². The lowest BCUT2D eigenvalue weighted by Gasteiger charge is -2.61. The van der Waals surface area contributed by atoms with E-state index in [2.05, 4.69) is 5.32 Å². The fraction of sp³-hybridized carbons (Fsp3) is 0.587. The lowest BCUT2D eigenvalue weighted by atomic mass is 9.53. The molecule has 3 aliphatic rings. The molecule has 0 aromatic heterocycles. The molecule has 1 heterocycles. The smallest absolute Gasteiger partial charge is 0.408 e. The van der Waals surface area contributed by atoms with E-state index in [1.165, 1.54) is 6.92 Å². The lowest BCUT2D eigenvalue weighted by molar-refractivity contribution is -0.315. The van der Waals surface area contributed by atoms with Crippen molar-refractivity contribution >= 4 is 30.1 Å². The van der Waals surface area contributed by atoms with Gasteiger partial charge in [-0.3, -0.25) is 19.2 Å². The van der Waals surface area contributed by atoms with Gasteiger partial charge in [-0.15, -0.1) is 0 Å². The van der Waals surface area contributed by atoms with Gasteiger partial charge in [0.1, 0.15) is 24.1 Å². The predicted molar refractivity (Wildman–Crippen MR) is 221 cm³/mol. The van der Waals surface area contributed by atoms with Crippen LogP contribution in [-0.2, 0) is 28.6 Å². The van der Waals surface area contributed by atoms with E-state index in [-0.39, 0.29) is 19.4 Å². The number of benzene rings is 2. The van der Waals surface area contributed by atoms with Gasteiger partial charge in [0.05, 0.1) is 36.2 Å². The molecule has 326 valence electrons. The third kappa shape index (κ3) is 11.0. The number of aryl methyl sites for hydroxylation is 1. The molecule has 1 saturated heterocycles. The number of fused-ring (bicyclic) bond motifs is 1. The number of hydrogen-bond acceptors (Lipinski definition) is 11. The molecule has 2 aromatic rings. The van der Waals surface area contributed by atoms with E-state index in [0.29, 0.717) is 24.8 Å². The van der Waals surface area contributed by atoms with Crippen LogP contribution in [-0.4, -0.2) is 92.2 Å². The molecular weight excluding hydrogens is 759 g/mol. The molecule has 2 fully saturated rings. The molecule has 5 rings (SSSR count). The minimum Gasteiger partial charge on any atom is -0.481 e. The average molecular weight is 824 g/mol. The zero-order valence-electron chi connectivity index (χ0n) is 36.5. The highest BCUT2D eigenvalue weighted by Gasteiger charge is 2.69. The van der Waals surface area contributed by atoms with Crippen molar-refractivity contribution in [1.82, 2.24) is 5.32 Å². The number of aliphatic carboxylic acids is 1. The molecule has 13 heteroatoms. The summed E-state index contributed by atoms with van der Waals surface area (Å²) < 4.78 is 16.4. The maximum absolute atomic E-state index is 13.9. The zero-order valence-corrected chi connectivity index (χ0v) is 36.5. The number of alkyl carbamates (subject to hydrolysis) is 1. The molecule has 1 saturated carbocycles. The molecule has 2 aliphatic carbocycles. The summed E-state index contributed by atoms with van der Waals surface area (Å²) in [6.45, 7) is 19.6. The van der Waals surface area contributed by atoms with Gasteiger partial charge in [-0.2, -0.15) is 0 Å². The average Bonchev–Trinajstić information content (AvgIpc) is 3.15. The quantitative estimate of drug-likeness (QED) is 0.0950. The van der Waals surface area contributed by atoms with Gasteiger partial charge in [0.2, 0.25) is 0 Å². The zero-order chi connectivity index (χ0) is 44.7. The van der Waals surface area contributed by atoms with Crippen LogP contribution in [0, 0.1) is 23.7 Å². The van der Waals surface area contributed by atoms with Crippen molar-refractivity contribution in [2.45, 2.75) is 149 Å². The first-order chi connectivity index (χ1) is 27.3. The fourth-order valence-corrected chi connectivity index (χ4v) is 8.56. The molecule has 1 unspecified atom stereocenters. The highest BCUT2D eigenvalue weighted by molar-refractivity contribution is 5.92. The van der Waals surface area contributed by atoms with Crippen molar-refractivity contribution in [3.05, 3.63) is 82.4 Å². The summed E-state index contributed by atoms with van der Waals surface area (Å²) in [5, 5.41) is 45.2. The highest BCUT2D eigenvalue weighted by atomic mass is 16.6. The van der Waals surface area contributed by atoms with Crippen molar-refractivity contribution in [3.63, 3.8) is 0 Å². The topological polar surface area (TPSA) is 206 Å². The van der Waals surface area contributed by atoms with E-state index >= 15 is 0 Å². The number of aldehydes is 1. The third-order valence-corrected chi connectivity index (χ3v) is 12.5. The SMILES string of the molecule is CC[C@]1(O)CCC(C)=C([C@@H](O)C(=O)[C@@]2(C)C(C)[C@]3(OC(C)=O)CO[C@@H]3C[C@@H]2O)C1(C)C.Cc1ccc([C@@H](CC(=O)O)NC(=O)OC(C)(C)C)cc1.O=Cc1ccccc1. The van der Waals surface area contributed by atoms with E-state index in [4.69, 9.17) is 19.3 Å². The number of carboxylic acids is 1. The first kappa shape index (κ1) is 48.9. The number of aliphatic hydroxyl groups excluding tert-OH is 2. The van der Waals surface area contributed by atoms with E-state index in [0.717, 1.165) is 28.5 Å². The van der Waals surface area contributed by atoms with Gasteiger partial charge in [0.15, 0.2) is 11.4 Å². The number of rotatable bonds is 10. The number of carboxylic acid groups (broad SMARTS) is 1. The maximum Gasteiger partial charge on any atom is 0.408 e. The van der Waals surface area contributed by atoms with Crippen LogP contribution in [0.5, 0.6) is 0 Å². The number of ether oxygens (including phenoxy) is 3. The van der Waals surface area contributed by atoms with E-state index in [9.17, 15) is 39.3 Å². The van der Waals surface area contributed by atoms with Crippen LogP contribution >= 0.6 is 0 Å². The standard InChI is InChI=1S/C24H38O7.C15H21NO4.C7H6O/c1-8-23(29)10-9-13(2)18(21(23,5)6)19(27)20(28)22(7)14(3)24(31-15(4)25)12-30-17(24)11-16(22)26;1-10-5-7-11(8-6-10)12(9-13(17)18)16-14(19)20-15(2,3)4;8-6-7-4-2-1-3-5-7/h14,16-17,19,26-27,29H,8-12H2,1-7H3;5-8,12H,9H2,1-4H3,(H,16,19)(H,17,18);1-6H/t14?,16-,17+,19+,22-,23-,24+;12-;/m01./s1. The van der Waals surface area contributed by atoms with Crippen LogP contribution in [0.2, 0.25) is 0 Å². The number of aliphatic hydroxyl groups is 3. The lowest BCUT2D eigenvalue weighted by Crippen LogP contribution is -2.74. The Kier molecular flexibility index (Phi) is 16.0. The predicted octanol–water partition coefficient (Wildman–Crippen LogP) is 6.84. The second-order valence-corrected chi connectivity index (χ2v) is 17.8. The largest absolute Gasteiger partial charge is 0.481 e. The molecule has 0 bridgehead atoms. The summed E-state index contributed by atoms with van der Waals surface area (Å²) >= 11 is 0. The number of ketones is 1. The van der Waals surface area contributed by atoms with Crippen molar-refractivity contribution in [2.24, 2.45) is 16.7 Å². The van der Waals surface area contributed by atoms with Crippen LogP contribution in [0.4, 0.5) is 4.79 Å². The Morgan fingerprint density at radius 1 is 1.02 bits per heavy atom. The molecular formula is C46H65NO12. The molecule has 5 N–H and O–H groups in total.